The molecule has 8 heteroatoms. The maximum atomic E-state index is 13.0. The van der Waals surface area contributed by atoms with E-state index >= 15 is 0 Å². The van der Waals surface area contributed by atoms with Crippen molar-refractivity contribution in [1.82, 2.24) is 9.62 Å². The predicted molar refractivity (Wildman–Crippen MR) is 118 cm³/mol. The molecule has 0 bridgehead atoms. The third-order valence-electron chi connectivity index (χ3n) is 5.42. The van der Waals surface area contributed by atoms with Gasteiger partial charge >= 0.3 is 0 Å². The van der Waals surface area contributed by atoms with Crippen molar-refractivity contribution in [3.8, 4) is 5.75 Å². The van der Waals surface area contributed by atoms with Crippen molar-refractivity contribution in [2.75, 3.05) is 26.7 Å². The van der Waals surface area contributed by atoms with Crippen molar-refractivity contribution < 1.29 is 17.9 Å². The van der Waals surface area contributed by atoms with Crippen molar-refractivity contribution in [2.45, 2.75) is 31.1 Å². The number of carbonyl (C=O) groups is 1. The van der Waals surface area contributed by atoms with Crippen LogP contribution < -0.4 is 10.1 Å². The van der Waals surface area contributed by atoms with Gasteiger partial charge in [0.05, 0.1) is 22.6 Å². The lowest BCUT2D eigenvalue weighted by Crippen LogP contribution is -2.38. The molecule has 6 nitrogen and oxygen atoms in total. The topological polar surface area (TPSA) is 75.7 Å². The predicted octanol–water partition coefficient (Wildman–Crippen LogP) is 3.74. The summed E-state index contributed by atoms with van der Waals surface area (Å²) in [5, 5.41) is 3.04. The molecule has 3 rings (SSSR count). The van der Waals surface area contributed by atoms with Gasteiger partial charge in [0.1, 0.15) is 5.75 Å². The average molecular weight is 451 g/mol. The first-order valence-electron chi connectivity index (χ1n) is 10.0. The molecule has 2 aromatic carbocycles. The van der Waals surface area contributed by atoms with E-state index in [0.717, 1.165) is 24.2 Å². The molecule has 30 heavy (non-hydrogen) atoms. The fraction of sp³-hybridized carbons (Fsp3) is 0.409. The molecule has 1 N–H and O–H groups in total. The number of nitrogens with zero attached hydrogens (tertiary/aromatic N) is 1. The Bertz CT molecular complexity index is 985. The second-order valence-corrected chi connectivity index (χ2v) is 9.93. The largest absolute Gasteiger partial charge is 0.497 e. The van der Waals surface area contributed by atoms with Crippen molar-refractivity contribution in [1.29, 1.82) is 0 Å². The van der Waals surface area contributed by atoms with E-state index in [2.05, 4.69) is 12.2 Å². The highest BCUT2D eigenvalue weighted by Crippen LogP contribution is 2.26. The summed E-state index contributed by atoms with van der Waals surface area (Å²) in [6, 6.07) is 11.9. The van der Waals surface area contributed by atoms with Gasteiger partial charge < -0.3 is 10.1 Å². The number of benzene rings is 2. The van der Waals surface area contributed by atoms with Crippen LogP contribution in [0.4, 0.5) is 0 Å². The maximum Gasteiger partial charge on any atom is 0.252 e. The number of ether oxygens (including phenoxy) is 1. The minimum Gasteiger partial charge on any atom is -0.497 e. The monoisotopic (exact) mass is 450 g/mol. The molecule has 0 spiro atoms. The van der Waals surface area contributed by atoms with Crippen LogP contribution in [-0.4, -0.2) is 45.4 Å². The van der Waals surface area contributed by atoms with Crippen LogP contribution in [0, 0.1) is 5.92 Å². The van der Waals surface area contributed by atoms with E-state index in [4.69, 9.17) is 16.3 Å². The molecule has 0 unspecified atom stereocenters. The van der Waals surface area contributed by atoms with Gasteiger partial charge in [-0.25, -0.2) is 8.42 Å². The van der Waals surface area contributed by atoms with E-state index in [0.29, 0.717) is 32.0 Å². The average Bonchev–Trinajstić information content (AvgIpc) is 2.74. The Hall–Kier alpha value is -2.09. The molecule has 162 valence electrons. The first-order chi connectivity index (χ1) is 14.3. The fourth-order valence-corrected chi connectivity index (χ4v) is 5.12. The Morgan fingerprint density at radius 3 is 2.47 bits per heavy atom. The van der Waals surface area contributed by atoms with Crippen LogP contribution in [0.2, 0.25) is 5.02 Å². The number of sulfonamides is 1. The van der Waals surface area contributed by atoms with Gasteiger partial charge in [-0.3, -0.25) is 4.79 Å². The summed E-state index contributed by atoms with van der Waals surface area (Å²) < 4.78 is 32.6. The van der Waals surface area contributed by atoms with Gasteiger partial charge in [0, 0.05) is 19.6 Å². The lowest BCUT2D eigenvalue weighted by molar-refractivity contribution is 0.0954. The first kappa shape index (κ1) is 22.6. The Labute approximate surface area is 183 Å². The highest BCUT2D eigenvalue weighted by atomic mass is 35.5. The molecular weight excluding hydrogens is 424 g/mol. The molecule has 0 atom stereocenters. The number of nitrogens with one attached hydrogen (secondary N) is 1. The SMILES string of the molecule is COc1ccc(CCNC(=O)c2cc(S(=O)(=O)N3CCC(C)CC3)ccc2Cl)cc1. The molecule has 1 heterocycles. The van der Waals surface area contributed by atoms with Gasteiger partial charge in [-0.05, 0) is 61.1 Å². The number of hydrogen-bond donors (Lipinski definition) is 1. The Balaban J connectivity index is 1.67. The Morgan fingerprint density at radius 2 is 1.83 bits per heavy atom. The molecule has 2 aromatic rings. The second kappa shape index (κ2) is 9.81. The molecule has 1 saturated heterocycles. The number of hydrogen-bond acceptors (Lipinski definition) is 4. The molecule has 0 saturated carbocycles. The van der Waals surface area contributed by atoms with E-state index < -0.39 is 15.9 Å². The quantitative estimate of drug-likeness (QED) is 0.697. The van der Waals surface area contributed by atoms with E-state index in [1.54, 1.807) is 7.11 Å². The van der Waals surface area contributed by atoms with Crippen LogP contribution in [0.5, 0.6) is 5.75 Å². The van der Waals surface area contributed by atoms with Crippen LogP contribution in [0.25, 0.3) is 0 Å². The highest BCUT2D eigenvalue weighted by Gasteiger charge is 2.29. The van der Waals surface area contributed by atoms with Gasteiger partial charge in [0.15, 0.2) is 0 Å². The zero-order valence-corrected chi connectivity index (χ0v) is 18.8. The van der Waals surface area contributed by atoms with E-state index in [1.165, 1.54) is 22.5 Å². The van der Waals surface area contributed by atoms with Gasteiger partial charge in [-0.2, -0.15) is 4.31 Å². The molecule has 1 fully saturated rings. The number of halogens is 1. The van der Waals surface area contributed by atoms with Crippen molar-refractivity contribution in [3.63, 3.8) is 0 Å². The smallest absolute Gasteiger partial charge is 0.252 e. The molecule has 1 aliphatic rings. The third-order valence-corrected chi connectivity index (χ3v) is 7.65. The number of piperidine rings is 1. The zero-order valence-electron chi connectivity index (χ0n) is 17.2. The van der Waals surface area contributed by atoms with Crippen LogP contribution in [-0.2, 0) is 16.4 Å². The molecule has 1 amide bonds. The molecule has 0 aliphatic carbocycles. The Morgan fingerprint density at radius 1 is 1.17 bits per heavy atom. The molecular formula is C22H27ClN2O4S. The van der Waals surface area contributed by atoms with Gasteiger partial charge in [-0.1, -0.05) is 30.7 Å². The summed E-state index contributed by atoms with van der Waals surface area (Å²) in [7, 11) is -2.04. The van der Waals surface area contributed by atoms with Crippen LogP contribution in [0.15, 0.2) is 47.4 Å². The maximum absolute atomic E-state index is 13.0. The fourth-order valence-electron chi connectivity index (χ4n) is 3.42. The number of amides is 1. The van der Waals surface area contributed by atoms with E-state index in [-0.39, 0.29) is 15.5 Å². The van der Waals surface area contributed by atoms with Crippen molar-refractivity contribution >= 4 is 27.5 Å². The molecule has 0 aromatic heterocycles. The minimum atomic E-state index is -3.65. The summed E-state index contributed by atoms with van der Waals surface area (Å²) in [5.74, 6) is 0.905. The number of rotatable bonds is 7. The summed E-state index contributed by atoms with van der Waals surface area (Å²) >= 11 is 6.19. The third kappa shape index (κ3) is 5.33. The zero-order chi connectivity index (χ0) is 21.7. The van der Waals surface area contributed by atoms with Crippen molar-refractivity contribution in [3.05, 3.63) is 58.6 Å². The number of methoxy groups -OCH3 is 1. The first-order valence-corrected chi connectivity index (χ1v) is 11.8. The van der Waals surface area contributed by atoms with Crippen LogP contribution in [0.3, 0.4) is 0 Å². The van der Waals surface area contributed by atoms with Gasteiger partial charge in [-0.15, -0.1) is 0 Å². The Kier molecular flexibility index (Phi) is 7.39. The van der Waals surface area contributed by atoms with E-state index in [9.17, 15) is 13.2 Å². The van der Waals surface area contributed by atoms with E-state index in [1.807, 2.05) is 24.3 Å². The van der Waals surface area contributed by atoms with Crippen molar-refractivity contribution in [2.24, 2.45) is 5.92 Å². The summed E-state index contributed by atoms with van der Waals surface area (Å²) in [6.45, 7) is 3.52. The second-order valence-electron chi connectivity index (χ2n) is 7.58. The van der Waals surface area contributed by atoms with Crippen LogP contribution >= 0.6 is 11.6 Å². The van der Waals surface area contributed by atoms with Crippen LogP contribution in [0.1, 0.15) is 35.7 Å². The molecule has 1 aliphatic heterocycles. The summed E-state index contributed by atoms with van der Waals surface area (Å²) in [5.41, 5.74) is 1.22. The normalized spacial score (nSPS) is 15.7. The lowest BCUT2D eigenvalue weighted by atomic mass is 10.0. The lowest BCUT2D eigenvalue weighted by Gasteiger charge is -2.29. The van der Waals surface area contributed by atoms with Gasteiger partial charge in [0.2, 0.25) is 10.0 Å². The highest BCUT2D eigenvalue weighted by molar-refractivity contribution is 7.89. The molecule has 0 radical (unpaired) electrons. The summed E-state index contributed by atoms with van der Waals surface area (Å²) in [4.78, 5) is 12.7. The number of carbonyl (C=O) groups excluding carboxylic acids is 1. The standard InChI is InChI=1S/C22H27ClN2O4S/c1-16-10-13-25(14-11-16)30(27,28)19-7-8-21(23)20(15-19)22(26)24-12-9-17-3-5-18(29-2)6-4-17/h3-8,15-16H,9-14H2,1-2H3,(H,24,26). The van der Waals surface area contributed by atoms with Gasteiger partial charge in [0.25, 0.3) is 5.91 Å². The summed E-state index contributed by atoms with van der Waals surface area (Å²) in [6.07, 6.45) is 2.31. The minimum absolute atomic E-state index is 0.0988.